The Labute approximate surface area is 149 Å². The van der Waals surface area contributed by atoms with Crippen molar-refractivity contribution in [1.29, 1.82) is 0 Å². The third-order valence-corrected chi connectivity index (χ3v) is 4.72. The predicted octanol–water partition coefficient (Wildman–Crippen LogP) is 1.82. The number of methoxy groups -OCH3 is 1. The van der Waals surface area contributed by atoms with Crippen molar-refractivity contribution in [2.75, 3.05) is 24.7 Å². The van der Waals surface area contributed by atoms with Gasteiger partial charge in [0.15, 0.2) is 11.5 Å². The van der Waals surface area contributed by atoms with Gasteiger partial charge in [0.05, 0.1) is 7.11 Å². The summed E-state index contributed by atoms with van der Waals surface area (Å²) in [4.78, 5) is 13.6. The highest BCUT2D eigenvalue weighted by atomic mass is 16.5. The maximum absolute atomic E-state index is 6.12. The summed E-state index contributed by atoms with van der Waals surface area (Å²) >= 11 is 0. The molecule has 0 bridgehead atoms. The molecule has 0 aliphatic carbocycles. The Kier molecular flexibility index (Phi) is 3.18. The first-order chi connectivity index (χ1) is 12.7. The molecule has 4 heterocycles. The number of benzene rings is 1. The Morgan fingerprint density at radius 3 is 3.08 bits per heavy atom. The van der Waals surface area contributed by atoms with Crippen LogP contribution >= 0.6 is 0 Å². The van der Waals surface area contributed by atoms with Gasteiger partial charge in [0, 0.05) is 24.5 Å². The number of nitrogens with two attached hydrogens (primary N) is 1. The molecule has 8 nitrogen and oxygen atoms in total. The summed E-state index contributed by atoms with van der Waals surface area (Å²) in [6.45, 7) is 0.916. The summed E-state index contributed by atoms with van der Waals surface area (Å²) in [6.07, 6.45) is 3.41. The average molecular weight is 347 g/mol. The second-order valence-electron chi connectivity index (χ2n) is 6.24. The zero-order valence-corrected chi connectivity index (χ0v) is 14.2. The summed E-state index contributed by atoms with van der Waals surface area (Å²) in [5.41, 5.74) is 9.91. The molecule has 130 valence electrons. The summed E-state index contributed by atoms with van der Waals surface area (Å²) in [6, 6.07) is 7.75. The number of anilines is 2. The first-order valence-corrected chi connectivity index (χ1v) is 8.43. The zero-order chi connectivity index (χ0) is 17.7. The van der Waals surface area contributed by atoms with E-state index in [1.807, 2.05) is 30.5 Å². The molecule has 26 heavy (non-hydrogen) atoms. The molecule has 0 radical (unpaired) electrons. The number of nitrogen functional groups attached to an aromatic ring is 1. The van der Waals surface area contributed by atoms with Crippen LogP contribution in [0.1, 0.15) is 17.0 Å². The average Bonchev–Trinajstić information content (AvgIpc) is 3.29. The number of nitrogens with one attached hydrogen (secondary N) is 1. The maximum Gasteiger partial charge on any atom is 0.223 e. The van der Waals surface area contributed by atoms with E-state index < -0.39 is 0 Å². The van der Waals surface area contributed by atoms with Gasteiger partial charge in [-0.15, -0.1) is 5.10 Å². The summed E-state index contributed by atoms with van der Waals surface area (Å²) < 4.78 is 6.99. The van der Waals surface area contributed by atoms with E-state index in [0.717, 1.165) is 24.2 Å². The highest BCUT2D eigenvalue weighted by molar-refractivity contribution is 5.95. The standard InChI is InChI=1S/C18H17N7O/c1-26-13-4-2-3-12-15(13)23-18(19)25-17(12)22-14(24-25)9-10-5-7-20-16-11(10)6-8-21-16/h2-5,7H,6,8-9H2,1H3,(H2,19,23)(H,20,21). The van der Waals surface area contributed by atoms with E-state index in [1.54, 1.807) is 11.6 Å². The number of hydrogen-bond donors (Lipinski definition) is 2. The molecule has 5 rings (SSSR count). The van der Waals surface area contributed by atoms with E-state index >= 15 is 0 Å². The van der Waals surface area contributed by atoms with E-state index in [9.17, 15) is 0 Å². The fraction of sp³-hybridized carbons (Fsp3) is 0.222. The van der Waals surface area contributed by atoms with Gasteiger partial charge >= 0.3 is 0 Å². The fourth-order valence-corrected chi connectivity index (χ4v) is 3.51. The van der Waals surface area contributed by atoms with Gasteiger partial charge in [-0.3, -0.25) is 0 Å². The minimum atomic E-state index is 0.289. The first kappa shape index (κ1) is 14.9. The third kappa shape index (κ3) is 2.15. The number of aromatic nitrogens is 5. The van der Waals surface area contributed by atoms with Gasteiger partial charge < -0.3 is 15.8 Å². The van der Waals surface area contributed by atoms with Crippen molar-refractivity contribution in [2.24, 2.45) is 0 Å². The number of ether oxygens (including phenoxy) is 1. The van der Waals surface area contributed by atoms with Gasteiger partial charge in [0.25, 0.3) is 0 Å². The molecule has 3 N–H and O–H groups in total. The Morgan fingerprint density at radius 1 is 1.27 bits per heavy atom. The molecular formula is C18H17N7O. The van der Waals surface area contributed by atoms with Crippen molar-refractivity contribution in [3.05, 3.63) is 47.4 Å². The quantitative estimate of drug-likeness (QED) is 0.582. The smallest absolute Gasteiger partial charge is 0.223 e. The van der Waals surface area contributed by atoms with Crippen LogP contribution < -0.4 is 15.8 Å². The fourth-order valence-electron chi connectivity index (χ4n) is 3.51. The number of para-hydroxylation sites is 1. The van der Waals surface area contributed by atoms with Crippen molar-refractivity contribution in [3.63, 3.8) is 0 Å². The predicted molar refractivity (Wildman–Crippen MR) is 98.5 cm³/mol. The lowest BCUT2D eigenvalue weighted by Gasteiger charge is -2.06. The second-order valence-corrected chi connectivity index (χ2v) is 6.24. The number of pyridine rings is 1. The number of rotatable bonds is 3. The van der Waals surface area contributed by atoms with Crippen LogP contribution in [0.5, 0.6) is 5.75 Å². The number of nitrogens with zero attached hydrogens (tertiary/aromatic N) is 5. The van der Waals surface area contributed by atoms with Crippen LogP contribution in [-0.4, -0.2) is 38.2 Å². The van der Waals surface area contributed by atoms with Crippen LogP contribution in [0.25, 0.3) is 16.6 Å². The van der Waals surface area contributed by atoms with Gasteiger partial charge in [-0.05, 0) is 35.7 Å². The molecule has 8 heteroatoms. The molecule has 1 aliphatic heterocycles. The van der Waals surface area contributed by atoms with Gasteiger partial charge in [-0.1, -0.05) is 6.07 Å². The summed E-state index contributed by atoms with van der Waals surface area (Å²) in [7, 11) is 1.62. The minimum Gasteiger partial charge on any atom is -0.494 e. The second kappa shape index (κ2) is 5.55. The van der Waals surface area contributed by atoms with Crippen LogP contribution in [0, 0.1) is 0 Å². The normalized spacial score (nSPS) is 13.1. The maximum atomic E-state index is 6.12. The molecule has 0 saturated carbocycles. The van der Waals surface area contributed by atoms with E-state index in [2.05, 4.69) is 20.4 Å². The molecule has 1 aliphatic rings. The van der Waals surface area contributed by atoms with E-state index in [-0.39, 0.29) is 5.95 Å². The van der Waals surface area contributed by atoms with Gasteiger partial charge in [0.1, 0.15) is 17.1 Å². The Hall–Kier alpha value is -3.42. The minimum absolute atomic E-state index is 0.289. The van der Waals surface area contributed by atoms with E-state index in [1.165, 1.54) is 11.1 Å². The van der Waals surface area contributed by atoms with Crippen molar-refractivity contribution in [2.45, 2.75) is 12.8 Å². The van der Waals surface area contributed by atoms with Crippen molar-refractivity contribution >= 4 is 28.3 Å². The summed E-state index contributed by atoms with van der Waals surface area (Å²) in [5, 5.41) is 8.73. The number of fused-ring (bicyclic) bond motifs is 4. The molecule has 1 aromatic carbocycles. The van der Waals surface area contributed by atoms with Crippen molar-refractivity contribution in [3.8, 4) is 5.75 Å². The van der Waals surface area contributed by atoms with Gasteiger partial charge in [-0.2, -0.15) is 4.52 Å². The molecule has 0 amide bonds. The SMILES string of the molecule is COc1cccc2c1nc(N)n1nc(Cc3ccnc4c3CCN4)nc21. The molecule has 0 unspecified atom stereocenters. The van der Waals surface area contributed by atoms with Crippen molar-refractivity contribution < 1.29 is 4.74 Å². The molecule has 0 saturated heterocycles. The monoisotopic (exact) mass is 347 g/mol. The van der Waals surface area contributed by atoms with Gasteiger partial charge in [-0.25, -0.2) is 15.0 Å². The Morgan fingerprint density at radius 2 is 2.19 bits per heavy atom. The van der Waals surface area contributed by atoms with E-state index in [0.29, 0.717) is 29.2 Å². The zero-order valence-electron chi connectivity index (χ0n) is 14.2. The molecule has 4 aromatic rings. The lowest BCUT2D eigenvalue weighted by Crippen LogP contribution is -2.03. The summed E-state index contributed by atoms with van der Waals surface area (Å²) in [5.74, 6) is 2.62. The molecule has 0 atom stereocenters. The molecule has 0 spiro atoms. The van der Waals surface area contributed by atoms with Crippen LogP contribution in [0.3, 0.4) is 0 Å². The third-order valence-electron chi connectivity index (χ3n) is 4.72. The lowest BCUT2D eigenvalue weighted by molar-refractivity contribution is 0.419. The Balaban J connectivity index is 1.66. The topological polar surface area (TPSA) is 103 Å². The van der Waals surface area contributed by atoms with Crippen LogP contribution in [-0.2, 0) is 12.8 Å². The van der Waals surface area contributed by atoms with Crippen LogP contribution in [0.2, 0.25) is 0 Å². The highest BCUT2D eigenvalue weighted by Crippen LogP contribution is 2.28. The molecule has 3 aromatic heterocycles. The largest absolute Gasteiger partial charge is 0.494 e. The highest BCUT2D eigenvalue weighted by Gasteiger charge is 2.18. The molecule has 0 fully saturated rings. The van der Waals surface area contributed by atoms with Gasteiger partial charge in [0.2, 0.25) is 5.95 Å². The Bertz CT molecular complexity index is 1150. The van der Waals surface area contributed by atoms with Crippen molar-refractivity contribution in [1.82, 2.24) is 24.6 Å². The first-order valence-electron chi connectivity index (χ1n) is 8.43. The molecular weight excluding hydrogens is 330 g/mol. The number of hydrogen-bond acceptors (Lipinski definition) is 7. The van der Waals surface area contributed by atoms with E-state index in [4.69, 9.17) is 15.5 Å². The van der Waals surface area contributed by atoms with Crippen LogP contribution in [0.15, 0.2) is 30.5 Å². The lowest BCUT2D eigenvalue weighted by atomic mass is 10.1. The van der Waals surface area contributed by atoms with Crippen LogP contribution in [0.4, 0.5) is 11.8 Å².